The van der Waals surface area contributed by atoms with Gasteiger partial charge in [-0.1, -0.05) is 40.7 Å². The van der Waals surface area contributed by atoms with Gasteiger partial charge >= 0.3 is 29.1 Å². The van der Waals surface area contributed by atoms with Crippen molar-refractivity contribution in [1.82, 2.24) is 20.3 Å². The van der Waals surface area contributed by atoms with Crippen LogP contribution >= 0.6 is 0 Å². The van der Waals surface area contributed by atoms with Crippen LogP contribution < -0.4 is 5.32 Å². The van der Waals surface area contributed by atoms with E-state index in [2.05, 4.69) is 25.7 Å². The number of ether oxygens (including phenoxy) is 2. The maximum atomic E-state index is 12.1. The minimum Gasteiger partial charge on any atom is -0.467 e. The fourth-order valence-electron chi connectivity index (χ4n) is 3.33. The van der Waals surface area contributed by atoms with Crippen molar-refractivity contribution in [1.29, 1.82) is 0 Å². The monoisotopic (exact) mass is 557 g/mol. The maximum absolute atomic E-state index is 12.1. The molecule has 0 unspecified atom stereocenters. The molecule has 4 aromatic rings. The van der Waals surface area contributed by atoms with E-state index in [1.165, 1.54) is 7.11 Å². The van der Waals surface area contributed by atoms with E-state index >= 15 is 0 Å². The number of amides is 1. The first-order valence-electron chi connectivity index (χ1n) is 11.4. The van der Waals surface area contributed by atoms with Crippen LogP contribution in [0.1, 0.15) is 22.4 Å². The average molecular weight is 557 g/mol. The summed E-state index contributed by atoms with van der Waals surface area (Å²) in [6.45, 7) is 1.00. The van der Waals surface area contributed by atoms with Gasteiger partial charge in [-0.2, -0.15) is 41.5 Å². The molecule has 1 atom stereocenters. The van der Waals surface area contributed by atoms with Gasteiger partial charge in [0.15, 0.2) is 0 Å². The van der Waals surface area contributed by atoms with Crippen LogP contribution in [0.4, 0.5) is 4.79 Å². The summed E-state index contributed by atoms with van der Waals surface area (Å²) in [7, 11) is 1.28. The van der Waals surface area contributed by atoms with E-state index in [9.17, 15) is 9.59 Å². The van der Waals surface area contributed by atoms with E-state index in [-0.39, 0.29) is 23.7 Å². The van der Waals surface area contributed by atoms with Crippen LogP contribution in [0.2, 0.25) is 0 Å². The van der Waals surface area contributed by atoms with Crippen molar-refractivity contribution in [2.24, 2.45) is 5.11 Å². The number of rotatable bonds is 10. The number of carbonyl (C=O) groups is 2. The van der Waals surface area contributed by atoms with Crippen molar-refractivity contribution in [3.63, 3.8) is 0 Å². The number of benzene rings is 1. The molecule has 11 nitrogen and oxygen atoms in total. The van der Waals surface area contributed by atoms with Crippen molar-refractivity contribution in [2.75, 3.05) is 7.11 Å². The molecular weight excluding hydrogens is 530 g/mol. The molecule has 1 aromatic heterocycles. The number of esters is 1. The van der Waals surface area contributed by atoms with Crippen molar-refractivity contribution < 1.29 is 36.1 Å². The van der Waals surface area contributed by atoms with E-state index in [4.69, 9.17) is 15.0 Å². The quantitative estimate of drug-likeness (QED) is 0.0770. The normalized spacial score (nSPS) is 10.6. The third-order valence-corrected chi connectivity index (χ3v) is 5.12. The molecule has 0 saturated carbocycles. The second kappa shape index (κ2) is 16.4. The zero-order chi connectivity index (χ0) is 26.3. The van der Waals surface area contributed by atoms with E-state index in [1.54, 1.807) is 10.9 Å². The second-order valence-corrected chi connectivity index (χ2v) is 7.87. The van der Waals surface area contributed by atoms with E-state index < -0.39 is 18.1 Å². The first kappa shape index (κ1) is 29.9. The van der Waals surface area contributed by atoms with Crippen LogP contribution in [-0.4, -0.2) is 40.2 Å². The molecule has 1 amide bonds. The fraction of sp³-hybridized carbons (Fsp3) is 0.231. The van der Waals surface area contributed by atoms with Gasteiger partial charge in [0.05, 0.1) is 13.3 Å². The van der Waals surface area contributed by atoms with Crippen molar-refractivity contribution in [3.8, 4) is 0 Å². The van der Waals surface area contributed by atoms with Crippen LogP contribution in [0.15, 0.2) is 90.2 Å². The standard InChI is InChI=1S/C20H21N4O4.C6H6N3.Fe/c1-27-19(25)18(11-15-7-3-2-4-8-15)21-20(26)28-14-17-13-24(23-22-17)12-16-9-5-6-10-16;7-9-8-5-6-3-1-2-4-6;/h2-10,13,18H,11-12,14H2,1H3,(H,21,26);1-4H,5H2;/q2*-1;+2/t18-;;/m0../s1. The van der Waals surface area contributed by atoms with Crippen LogP contribution in [0.5, 0.6) is 0 Å². The smallest absolute Gasteiger partial charge is 0.467 e. The number of nitrogens with one attached hydrogen (secondary N) is 1. The van der Waals surface area contributed by atoms with Gasteiger partial charge in [0.2, 0.25) is 0 Å². The van der Waals surface area contributed by atoms with Gasteiger partial charge in [-0.15, -0.1) is 5.10 Å². The summed E-state index contributed by atoms with van der Waals surface area (Å²) < 4.78 is 11.6. The summed E-state index contributed by atoms with van der Waals surface area (Å²) in [6.07, 6.45) is 1.29. The summed E-state index contributed by atoms with van der Waals surface area (Å²) in [5.74, 6) is -0.540. The van der Waals surface area contributed by atoms with Crippen molar-refractivity contribution >= 4 is 12.1 Å². The number of nitrogens with zero attached hydrogens (tertiary/aromatic N) is 6. The molecule has 0 fully saturated rings. The number of hydrogen-bond acceptors (Lipinski definition) is 7. The molecule has 0 aliphatic heterocycles. The molecule has 1 heterocycles. The summed E-state index contributed by atoms with van der Waals surface area (Å²) in [6, 6.07) is 24.1. The first-order valence-corrected chi connectivity index (χ1v) is 11.4. The Morgan fingerprint density at radius 3 is 2.63 bits per heavy atom. The van der Waals surface area contributed by atoms with Gasteiger partial charge in [0, 0.05) is 24.4 Å². The number of methoxy groups -OCH3 is 1. The predicted octanol–water partition coefficient (Wildman–Crippen LogP) is 4.27. The van der Waals surface area contributed by atoms with Gasteiger partial charge in [0.1, 0.15) is 18.3 Å². The number of aromatic nitrogens is 3. The summed E-state index contributed by atoms with van der Waals surface area (Å²) in [5, 5.41) is 13.9. The molecule has 38 heavy (non-hydrogen) atoms. The third-order valence-electron chi connectivity index (χ3n) is 5.12. The molecule has 0 spiro atoms. The van der Waals surface area contributed by atoms with E-state index in [1.807, 2.05) is 78.9 Å². The topological polar surface area (TPSA) is 144 Å². The molecule has 0 radical (unpaired) electrons. The molecule has 198 valence electrons. The number of azide groups is 1. The largest absolute Gasteiger partial charge is 2.00 e. The molecule has 0 aliphatic rings. The minimum atomic E-state index is -0.840. The number of carbonyl (C=O) groups excluding carboxylic acids is 2. The third kappa shape index (κ3) is 10.3. The van der Waals surface area contributed by atoms with Gasteiger partial charge in [-0.3, -0.25) is 4.68 Å². The van der Waals surface area contributed by atoms with Gasteiger partial charge < -0.3 is 14.8 Å². The fourth-order valence-corrected chi connectivity index (χ4v) is 3.33. The van der Waals surface area contributed by atoms with E-state index in [0.717, 1.165) is 16.7 Å². The Hall–Kier alpha value is -4.37. The zero-order valence-electron chi connectivity index (χ0n) is 20.7. The molecule has 0 aliphatic carbocycles. The Bertz CT molecular complexity index is 1270. The molecule has 3 aromatic carbocycles. The Morgan fingerprint density at radius 2 is 1.97 bits per heavy atom. The van der Waals surface area contributed by atoms with Gasteiger partial charge in [0.25, 0.3) is 0 Å². The number of hydrogen-bond donors (Lipinski definition) is 1. The Morgan fingerprint density at radius 1 is 1.16 bits per heavy atom. The molecular formula is C26H27FeN7O4. The molecule has 1 N–H and O–H groups in total. The SMILES string of the molecule is COC(=O)[C@H](Cc1ccccc1)NC(=O)OCc1cn(Cc2cc[cH-]c2)nn1.[Fe+2].[N-]=[N+]=NCc1ccc[cH-]1. The Labute approximate surface area is 230 Å². The van der Waals surface area contributed by atoms with E-state index in [0.29, 0.717) is 25.2 Å². The zero-order valence-corrected chi connectivity index (χ0v) is 21.8. The van der Waals surface area contributed by atoms with Crippen molar-refractivity contribution in [3.05, 3.63) is 118 Å². The van der Waals surface area contributed by atoms with Gasteiger partial charge in [-0.25, -0.2) is 27.8 Å². The van der Waals surface area contributed by atoms with Gasteiger partial charge in [-0.05, 0) is 11.1 Å². The molecule has 4 rings (SSSR count). The summed E-state index contributed by atoms with van der Waals surface area (Å²) >= 11 is 0. The molecule has 0 saturated heterocycles. The summed E-state index contributed by atoms with van der Waals surface area (Å²) in [5.41, 5.74) is 11.5. The summed E-state index contributed by atoms with van der Waals surface area (Å²) in [4.78, 5) is 26.7. The predicted molar refractivity (Wildman–Crippen MR) is 135 cm³/mol. The first-order chi connectivity index (χ1) is 18.1. The Balaban J connectivity index is 0.000000430. The van der Waals surface area contributed by atoms with Crippen molar-refractivity contribution in [2.45, 2.75) is 32.2 Å². The van der Waals surface area contributed by atoms with Crippen LogP contribution in [0.3, 0.4) is 0 Å². The maximum Gasteiger partial charge on any atom is 2.00 e. The Kier molecular flexibility index (Phi) is 12.9. The van der Waals surface area contributed by atoms with Crippen LogP contribution in [-0.2, 0) is 57.5 Å². The number of alkyl carbamates (subject to hydrolysis) is 1. The average Bonchev–Trinajstić information content (AvgIpc) is 3.71. The minimum absolute atomic E-state index is 0. The van der Waals surface area contributed by atoms with Crippen LogP contribution in [0, 0.1) is 0 Å². The molecule has 12 heteroatoms. The molecule has 0 bridgehead atoms. The second-order valence-electron chi connectivity index (χ2n) is 7.87. The van der Waals surface area contributed by atoms with Crippen LogP contribution in [0.25, 0.3) is 10.4 Å².